The zero-order valence-electron chi connectivity index (χ0n) is 5.98. The van der Waals surface area contributed by atoms with Gasteiger partial charge in [0.25, 0.3) is 0 Å². The average molecular weight is 359 g/mol. The maximum Gasteiger partial charge on any atom is 0.178 e. The van der Waals surface area contributed by atoms with E-state index in [1.165, 1.54) is 0 Å². The minimum Gasteiger partial charge on any atom is -0.293 e. The molecule has 0 amide bonds. The molecule has 0 spiro atoms. The Kier molecular flexibility index (Phi) is 3.99. The molecular weight excluding hydrogens is 354 g/mol. The van der Waals surface area contributed by atoms with Gasteiger partial charge in [0.2, 0.25) is 0 Å². The summed E-state index contributed by atoms with van der Waals surface area (Å²) in [6.45, 7) is 0. The normalized spacial score (nSPS) is 9.92. The summed E-state index contributed by atoms with van der Waals surface area (Å²) in [7, 11) is 0. The maximum absolute atomic E-state index is 11.2. The molecule has 0 aliphatic heterocycles. The highest BCUT2D eigenvalue weighted by atomic mass is 127. The highest BCUT2D eigenvalue weighted by molar-refractivity contribution is 14.1. The second kappa shape index (κ2) is 4.58. The zero-order valence-corrected chi connectivity index (χ0v) is 10.5. The molecule has 1 aromatic rings. The third-order valence-electron chi connectivity index (χ3n) is 1.35. The van der Waals surface area contributed by atoms with E-state index in [0.717, 1.165) is 8.04 Å². The Morgan fingerprint density at radius 3 is 2.75 bits per heavy atom. The lowest BCUT2D eigenvalue weighted by Gasteiger charge is -2.00. The van der Waals surface area contributed by atoms with Gasteiger partial charge in [-0.2, -0.15) is 0 Å². The summed E-state index contributed by atoms with van der Waals surface area (Å²) in [6.07, 6.45) is 0. The van der Waals surface area contributed by atoms with E-state index in [1.807, 2.05) is 12.1 Å². The van der Waals surface area contributed by atoms with Crippen LogP contribution in [0.1, 0.15) is 10.4 Å². The van der Waals surface area contributed by atoms with Crippen molar-refractivity contribution in [3.63, 3.8) is 0 Å². The number of carbonyl (C=O) groups is 1. The van der Waals surface area contributed by atoms with Gasteiger partial charge in [-0.3, -0.25) is 4.79 Å². The Balaban J connectivity index is 3.09. The summed E-state index contributed by atoms with van der Waals surface area (Å²) in [6, 6.07) is 5.50. The SMILES string of the molecule is O=C(CCl)c1ccc(Br)cc1I. The van der Waals surface area contributed by atoms with Crippen LogP contribution in [0.3, 0.4) is 0 Å². The van der Waals surface area contributed by atoms with Crippen LogP contribution in [-0.2, 0) is 0 Å². The Morgan fingerprint density at radius 1 is 1.58 bits per heavy atom. The summed E-state index contributed by atoms with van der Waals surface area (Å²) in [5.74, 6) is 0.00558. The number of Topliss-reactive ketones (excluding diaryl/α,β-unsaturated/α-hetero) is 1. The van der Waals surface area contributed by atoms with E-state index in [4.69, 9.17) is 11.6 Å². The van der Waals surface area contributed by atoms with Crippen molar-refractivity contribution in [1.82, 2.24) is 0 Å². The van der Waals surface area contributed by atoms with Gasteiger partial charge in [-0.05, 0) is 40.8 Å². The van der Waals surface area contributed by atoms with Crippen molar-refractivity contribution < 1.29 is 4.79 Å². The van der Waals surface area contributed by atoms with Crippen LogP contribution in [0.4, 0.5) is 0 Å². The number of ketones is 1. The second-order valence-corrected chi connectivity index (χ2v) is 4.53. The molecule has 0 saturated heterocycles. The van der Waals surface area contributed by atoms with Crippen molar-refractivity contribution in [3.8, 4) is 0 Å². The van der Waals surface area contributed by atoms with Crippen molar-refractivity contribution in [1.29, 1.82) is 0 Å². The topological polar surface area (TPSA) is 17.1 Å². The third-order valence-corrected chi connectivity index (χ3v) is 2.98. The molecule has 0 heterocycles. The first-order valence-corrected chi connectivity index (χ1v) is 5.60. The van der Waals surface area contributed by atoms with E-state index in [9.17, 15) is 4.79 Å². The molecule has 0 N–H and O–H groups in total. The first-order chi connectivity index (χ1) is 5.65. The molecule has 1 nitrogen and oxygen atoms in total. The monoisotopic (exact) mass is 358 g/mol. The van der Waals surface area contributed by atoms with Crippen LogP contribution < -0.4 is 0 Å². The van der Waals surface area contributed by atoms with Crippen molar-refractivity contribution in [2.75, 3.05) is 5.88 Å². The number of benzene rings is 1. The molecule has 1 rings (SSSR count). The zero-order chi connectivity index (χ0) is 9.14. The van der Waals surface area contributed by atoms with Crippen molar-refractivity contribution in [2.45, 2.75) is 0 Å². The van der Waals surface area contributed by atoms with Crippen LogP contribution in [-0.4, -0.2) is 11.7 Å². The van der Waals surface area contributed by atoms with E-state index < -0.39 is 0 Å². The summed E-state index contributed by atoms with van der Waals surface area (Å²) in [5, 5.41) is 0. The Morgan fingerprint density at radius 2 is 2.25 bits per heavy atom. The molecule has 0 radical (unpaired) electrons. The predicted molar refractivity (Wildman–Crippen MR) is 61.9 cm³/mol. The molecule has 64 valence electrons. The van der Waals surface area contributed by atoms with Gasteiger partial charge in [-0.25, -0.2) is 0 Å². The molecule has 0 aliphatic carbocycles. The van der Waals surface area contributed by atoms with Gasteiger partial charge in [0, 0.05) is 13.6 Å². The minimum atomic E-state index is -0.0337. The summed E-state index contributed by atoms with van der Waals surface area (Å²) in [4.78, 5) is 11.2. The number of alkyl halides is 1. The molecule has 0 fully saturated rings. The third kappa shape index (κ3) is 2.44. The fourth-order valence-electron chi connectivity index (χ4n) is 0.788. The van der Waals surface area contributed by atoms with E-state index in [2.05, 4.69) is 38.5 Å². The molecular formula is C8H5BrClIO. The standard InChI is InChI=1S/C8H5BrClIO/c9-5-1-2-6(7(11)3-5)8(12)4-10/h1-3H,4H2. The van der Waals surface area contributed by atoms with Gasteiger partial charge in [0.15, 0.2) is 5.78 Å². The molecule has 0 aromatic heterocycles. The van der Waals surface area contributed by atoms with E-state index in [1.54, 1.807) is 6.07 Å². The van der Waals surface area contributed by atoms with Gasteiger partial charge in [0.1, 0.15) is 0 Å². The fourth-order valence-corrected chi connectivity index (χ4v) is 2.54. The van der Waals surface area contributed by atoms with Gasteiger partial charge in [0.05, 0.1) is 5.88 Å². The fraction of sp³-hybridized carbons (Fsp3) is 0.125. The van der Waals surface area contributed by atoms with Gasteiger partial charge >= 0.3 is 0 Å². The second-order valence-electron chi connectivity index (χ2n) is 2.18. The Hall–Kier alpha value is 0.390. The van der Waals surface area contributed by atoms with Crippen LogP contribution in [0.25, 0.3) is 0 Å². The van der Waals surface area contributed by atoms with Crippen molar-refractivity contribution in [2.24, 2.45) is 0 Å². The molecule has 0 unspecified atom stereocenters. The van der Waals surface area contributed by atoms with Crippen LogP contribution in [0.5, 0.6) is 0 Å². The largest absolute Gasteiger partial charge is 0.293 e. The summed E-state index contributed by atoms with van der Waals surface area (Å²) in [5.41, 5.74) is 0.689. The van der Waals surface area contributed by atoms with Crippen LogP contribution in [0, 0.1) is 3.57 Å². The number of rotatable bonds is 2. The molecule has 1 aromatic carbocycles. The minimum absolute atomic E-state index is 0.0337. The quantitative estimate of drug-likeness (QED) is 0.449. The van der Waals surface area contributed by atoms with Gasteiger partial charge < -0.3 is 0 Å². The summed E-state index contributed by atoms with van der Waals surface area (Å²) < 4.78 is 1.89. The molecule has 0 bridgehead atoms. The lowest BCUT2D eigenvalue weighted by atomic mass is 10.2. The van der Waals surface area contributed by atoms with Gasteiger partial charge in [-0.15, -0.1) is 11.6 Å². The number of hydrogen-bond acceptors (Lipinski definition) is 1. The molecule has 0 saturated carbocycles. The number of carbonyl (C=O) groups excluding carboxylic acids is 1. The lowest BCUT2D eigenvalue weighted by Crippen LogP contribution is -2.02. The lowest BCUT2D eigenvalue weighted by molar-refractivity contribution is 0.102. The van der Waals surface area contributed by atoms with Crippen LogP contribution in [0.2, 0.25) is 0 Å². The number of hydrogen-bond donors (Lipinski definition) is 0. The van der Waals surface area contributed by atoms with Gasteiger partial charge in [-0.1, -0.05) is 15.9 Å². The molecule has 4 heteroatoms. The molecule has 12 heavy (non-hydrogen) atoms. The van der Waals surface area contributed by atoms with Crippen molar-refractivity contribution in [3.05, 3.63) is 31.8 Å². The summed E-state index contributed by atoms with van der Waals surface area (Å²) >= 11 is 10.9. The average Bonchev–Trinajstić information content (AvgIpc) is 2.03. The smallest absolute Gasteiger partial charge is 0.178 e. The Bertz CT molecular complexity index is 314. The van der Waals surface area contributed by atoms with Crippen LogP contribution >= 0.6 is 50.1 Å². The van der Waals surface area contributed by atoms with Crippen LogP contribution in [0.15, 0.2) is 22.7 Å². The van der Waals surface area contributed by atoms with E-state index >= 15 is 0 Å². The first kappa shape index (κ1) is 10.5. The van der Waals surface area contributed by atoms with E-state index in [0.29, 0.717) is 5.56 Å². The highest BCUT2D eigenvalue weighted by Crippen LogP contribution is 2.19. The predicted octanol–water partition coefficient (Wildman–Crippen LogP) is 3.48. The molecule has 0 atom stereocenters. The maximum atomic E-state index is 11.2. The Labute approximate surface area is 97.8 Å². The highest BCUT2D eigenvalue weighted by Gasteiger charge is 2.07. The van der Waals surface area contributed by atoms with E-state index in [-0.39, 0.29) is 11.7 Å². The van der Waals surface area contributed by atoms with Crippen molar-refractivity contribution >= 4 is 55.9 Å². The molecule has 0 aliphatic rings. The first-order valence-electron chi connectivity index (χ1n) is 3.19. The number of halogens is 3.